The van der Waals surface area contributed by atoms with Gasteiger partial charge in [-0.15, -0.1) is 0 Å². The molecule has 0 fully saturated rings. The van der Waals surface area contributed by atoms with Gasteiger partial charge in [0.25, 0.3) is 5.91 Å². The lowest BCUT2D eigenvalue weighted by Crippen LogP contribution is -2.42. The predicted octanol–water partition coefficient (Wildman–Crippen LogP) is 0.652. The molecule has 0 bridgehead atoms. The van der Waals surface area contributed by atoms with Crippen molar-refractivity contribution in [1.29, 1.82) is 0 Å². The lowest BCUT2D eigenvalue weighted by atomic mass is 10.1. The number of benzene rings is 1. The van der Waals surface area contributed by atoms with Crippen LogP contribution >= 0.6 is 0 Å². The molecule has 9 nitrogen and oxygen atoms in total. The number of hydrogen-bond acceptors (Lipinski definition) is 7. The molecule has 1 rings (SSSR count). The molecule has 0 unspecified atom stereocenters. The zero-order valence-electron chi connectivity index (χ0n) is 15.1. The number of imide groups is 1. The molecular formula is C17H24N2O7. The topological polar surface area (TPSA) is 112 Å². The van der Waals surface area contributed by atoms with Crippen LogP contribution in [0.25, 0.3) is 0 Å². The number of methoxy groups -OCH3 is 3. The van der Waals surface area contributed by atoms with E-state index in [4.69, 9.17) is 18.9 Å². The number of carbonyl (C=O) groups excluding carboxylic acids is 3. The third-order valence-corrected chi connectivity index (χ3v) is 3.24. The van der Waals surface area contributed by atoms with Crippen LogP contribution in [0, 0.1) is 0 Å². The van der Waals surface area contributed by atoms with E-state index in [0.717, 1.165) is 5.56 Å². The van der Waals surface area contributed by atoms with Crippen molar-refractivity contribution in [3.63, 3.8) is 0 Å². The Hall–Kier alpha value is -2.81. The number of amides is 3. The molecule has 0 saturated carbocycles. The van der Waals surface area contributed by atoms with E-state index in [1.54, 1.807) is 18.2 Å². The molecule has 144 valence electrons. The standard InChI is InChI=1S/C17H24N2O7/c1-23-7-6-18-17(22)19-15(20)11-26-16(21)5-4-12-8-13(24-2)10-14(9-12)25-3/h8-10H,4-7,11H2,1-3H3,(H2,18,19,20,22). The summed E-state index contributed by atoms with van der Waals surface area (Å²) in [6.45, 7) is 0.0585. The van der Waals surface area contributed by atoms with Gasteiger partial charge in [-0.2, -0.15) is 0 Å². The van der Waals surface area contributed by atoms with Gasteiger partial charge < -0.3 is 24.3 Å². The Morgan fingerprint density at radius 3 is 2.23 bits per heavy atom. The summed E-state index contributed by atoms with van der Waals surface area (Å²) in [6.07, 6.45) is 0.467. The van der Waals surface area contributed by atoms with Crippen LogP contribution in [0.5, 0.6) is 11.5 Å². The van der Waals surface area contributed by atoms with Crippen molar-refractivity contribution in [3.05, 3.63) is 23.8 Å². The van der Waals surface area contributed by atoms with Crippen molar-refractivity contribution in [3.8, 4) is 11.5 Å². The molecule has 26 heavy (non-hydrogen) atoms. The van der Waals surface area contributed by atoms with Crippen LogP contribution in [0.3, 0.4) is 0 Å². The first-order valence-electron chi connectivity index (χ1n) is 7.92. The first-order valence-corrected chi connectivity index (χ1v) is 7.92. The van der Waals surface area contributed by atoms with E-state index < -0.39 is 24.5 Å². The third-order valence-electron chi connectivity index (χ3n) is 3.24. The van der Waals surface area contributed by atoms with Crippen LogP contribution in [0.15, 0.2) is 18.2 Å². The Bertz CT molecular complexity index is 597. The summed E-state index contributed by atoms with van der Waals surface area (Å²) in [6, 6.07) is 4.62. The molecule has 0 aromatic heterocycles. The highest BCUT2D eigenvalue weighted by atomic mass is 16.5. The molecule has 1 aromatic carbocycles. The number of hydrogen-bond donors (Lipinski definition) is 2. The molecule has 0 spiro atoms. The number of rotatable bonds is 10. The van der Waals surface area contributed by atoms with Gasteiger partial charge >= 0.3 is 12.0 Å². The van der Waals surface area contributed by atoms with E-state index >= 15 is 0 Å². The molecule has 0 radical (unpaired) electrons. The van der Waals surface area contributed by atoms with Gasteiger partial charge in [-0.3, -0.25) is 14.9 Å². The fraction of sp³-hybridized carbons (Fsp3) is 0.471. The number of nitrogens with one attached hydrogen (secondary N) is 2. The van der Waals surface area contributed by atoms with Crippen LogP contribution in [0.2, 0.25) is 0 Å². The molecule has 9 heteroatoms. The van der Waals surface area contributed by atoms with E-state index in [1.807, 2.05) is 5.32 Å². The van der Waals surface area contributed by atoms with Gasteiger partial charge in [-0.25, -0.2) is 4.79 Å². The molecule has 1 aromatic rings. The van der Waals surface area contributed by atoms with Gasteiger partial charge in [0, 0.05) is 26.1 Å². The van der Waals surface area contributed by atoms with Crippen molar-refractivity contribution >= 4 is 17.9 Å². The summed E-state index contributed by atoms with van der Waals surface area (Å²) in [5, 5.41) is 4.45. The van der Waals surface area contributed by atoms with Crippen molar-refractivity contribution in [1.82, 2.24) is 10.6 Å². The molecule has 0 aliphatic rings. The quantitative estimate of drug-likeness (QED) is 0.461. The second-order valence-electron chi connectivity index (χ2n) is 5.18. The monoisotopic (exact) mass is 368 g/mol. The van der Waals surface area contributed by atoms with Crippen molar-refractivity contribution in [2.45, 2.75) is 12.8 Å². The summed E-state index contributed by atoms with van der Waals surface area (Å²) in [4.78, 5) is 34.6. The number of urea groups is 1. The number of aryl methyl sites for hydroxylation is 1. The Morgan fingerprint density at radius 1 is 1.00 bits per heavy atom. The van der Waals surface area contributed by atoms with Crippen molar-refractivity contribution in [2.75, 3.05) is 41.1 Å². The minimum Gasteiger partial charge on any atom is -0.497 e. The van der Waals surface area contributed by atoms with Crippen molar-refractivity contribution < 1.29 is 33.3 Å². The fourth-order valence-corrected chi connectivity index (χ4v) is 1.95. The zero-order chi connectivity index (χ0) is 19.4. The SMILES string of the molecule is COCCNC(=O)NC(=O)COC(=O)CCc1cc(OC)cc(OC)c1. The van der Waals surface area contributed by atoms with Crippen LogP contribution in [0.1, 0.15) is 12.0 Å². The van der Waals surface area contributed by atoms with Crippen LogP contribution in [-0.4, -0.2) is 59.0 Å². The second kappa shape index (κ2) is 11.7. The Kier molecular flexibility index (Phi) is 9.55. The molecular weight excluding hydrogens is 344 g/mol. The minimum atomic E-state index is -0.712. The summed E-state index contributed by atoms with van der Waals surface area (Å²) >= 11 is 0. The fourth-order valence-electron chi connectivity index (χ4n) is 1.95. The Morgan fingerprint density at radius 2 is 1.65 bits per heavy atom. The highest BCUT2D eigenvalue weighted by Crippen LogP contribution is 2.23. The summed E-state index contributed by atoms with van der Waals surface area (Å²) in [5.41, 5.74) is 0.833. The first-order chi connectivity index (χ1) is 12.5. The third kappa shape index (κ3) is 8.34. The second-order valence-corrected chi connectivity index (χ2v) is 5.18. The molecule has 0 heterocycles. The van der Waals surface area contributed by atoms with E-state index in [9.17, 15) is 14.4 Å². The maximum absolute atomic E-state index is 11.7. The Balaban J connectivity index is 2.34. The summed E-state index contributed by atoms with van der Waals surface area (Å²) < 4.78 is 19.9. The number of esters is 1. The molecule has 0 saturated heterocycles. The highest BCUT2D eigenvalue weighted by Gasteiger charge is 2.11. The first kappa shape index (κ1) is 21.2. The molecule has 0 atom stereocenters. The molecule has 3 amide bonds. The molecule has 0 aliphatic heterocycles. The van der Waals surface area contributed by atoms with Crippen LogP contribution in [0.4, 0.5) is 4.79 Å². The average Bonchev–Trinajstić information content (AvgIpc) is 2.64. The van der Waals surface area contributed by atoms with Gasteiger partial charge in [0.05, 0.1) is 20.8 Å². The van der Waals surface area contributed by atoms with Gasteiger partial charge in [0.15, 0.2) is 6.61 Å². The number of ether oxygens (including phenoxy) is 4. The summed E-state index contributed by atoms with van der Waals surface area (Å²) in [7, 11) is 4.57. The van der Waals surface area contributed by atoms with Gasteiger partial charge in [-0.05, 0) is 24.1 Å². The lowest BCUT2D eigenvalue weighted by molar-refractivity contribution is -0.148. The normalized spacial score (nSPS) is 9.96. The van der Waals surface area contributed by atoms with Crippen LogP contribution < -0.4 is 20.1 Å². The maximum atomic E-state index is 11.7. The lowest BCUT2D eigenvalue weighted by Gasteiger charge is -2.09. The van der Waals surface area contributed by atoms with Gasteiger partial charge in [0.1, 0.15) is 11.5 Å². The predicted molar refractivity (Wildman–Crippen MR) is 92.2 cm³/mol. The molecule has 2 N–H and O–H groups in total. The van der Waals surface area contributed by atoms with E-state index in [0.29, 0.717) is 24.5 Å². The van der Waals surface area contributed by atoms with E-state index in [1.165, 1.54) is 21.3 Å². The average molecular weight is 368 g/mol. The van der Waals surface area contributed by atoms with Gasteiger partial charge in [-0.1, -0.05) is 0 Å². The maximum Gasteiger partial charge on any atom is 0.321 e. The largest absolute Gasteiger partial charge is 0.497 e. The van der Waals surface area contributed by atoms with E-state index in [2.05, 4.69) is 5.32 Å². The smallest absolute Gasteiger partial charge is 0.321 e. The van der Waals surface area contributed by atoms with Crippen LogP contribution in [-0.2, 0) is 25.5 Å². The highest BCUT2D eigenvalue weighted by molar-refractivity contribution is 5.95. The van der Waals surface area contributed by atoms with Crippen molar-refractivity contribution in [2.24, 2.45) is 0 Å². The van der Waals surface area contributed by atoms with Gasteiger partial charge in [0.2, 0.25) is 0 Å². The Labute approximate surface area is 151 Å². The van der Waals surface area contributed by atoms with E-state index in [-0.39, 0.29) is 13.0 Å². The number of carbonyl (C=O) groups is 3. The molecule has 0 aliphatic carbocycles. The minimum absolute atomic E-state index is 0.0731. The summed E-state index contributed by atoms with van der Waals surface area (Å²) in [5.74, 6) is -0.0313. The zero-order valence-corrected chi connectivity index (χ0v) is 15.1.